The summed E-state index contributed by atoms with van der Waals surface area (Å²) in [6.45, 7) is 5.42. The number of rotatable bonds is 4. The van der Waals surface area contributed by atoms with Gasteiger partial charge in [0.1, 0.15) is 0 Å². The fourth-order valence-corrected chi connectivity index (χ4v) is 2.31. The van der Waals surface area contributed by atoms with Crippen molar-refractivity contribution in [1.29, 1.82) is 0 Å². The zero-order valence-corrected chi connectivity index (χ0v) is 10.4. The summed E-state index contributed by atoms with van der Waals surface area (Å²) in [7, 11) is 0. The van der Waals surface area contributed by atoms with Gasteiger partial charge in [-0.3, -0.25) is 4.79 Å². The van der Waals surface area contributed by atoms with Crippen molar-refractivity contribution in [3.8, 4) is 0 Å². The van der Waals surface area contributed by atoms with Crippen molar-refractivity contribution in [1.82, 2.24) is 0 Å². The Balaban J connectivity index is 2.72. The minimum absolute atomic E-state index is 0.413. The minimum Gasteiger partial charge on any atom is -0.481 e. The van der Waals surface area contributed by atoms with Crippen LogP contribution in [0.1, 0.15) is 18.9 Å². The molecule has 2 heteroatoms. The molecule has 0 spiro atoms. The first-order chi connectivity index (χ1) is 8.59. The first-order valence-electron chi connectivity index (χ1n) is 5.92. The van der Waals surface area contributed by atoms with Crippen LogP contribution in [0.25, 0.3) is 10.8 Å². The monoisotopic (exact) mass is 240 g/mol. The number of aliphatic carboxylic acids is 1. The highest BCUT2D eigenvalue weighted by Crippen LogP contribution is 2.33. The van der Waals surface area contributed by atoms with Crippen molar-refractivity contribution in [3.05, 3.63) is 60.7 Å². The second kappa shape index (κ2) is 4.65. The molecule has 0 aliphatic carbocycles. The lowest BCUT2D eigenvalue weighted by atomic mass is 9.77. The van der Waals surface area contributed by atoms with E-state index < -0.39 is 11.4 Å². The van der Waals surface area contributed by atoms with Gasteiger partial charge in [-0.05, 0) is 29.7 Å². The van der Waals surface area contributed by atoms with Gasteiger partial charge in [-0.25, -0.2) is 0 Å². The van der Waals surface area contributed by atoms with E-state index in [2.05, 4.69) is 6.58 Å². The molecule has 1 unspecified atom stereocenters. The molecule has 1 atom stereocenters. The molecule has 0 saturated heterocycles. The molecule has 0 aliphatic rings. The van der Waals surface area contributed by atoms with E-state index >= 15 is 0 Å². The van der Waals surface area contributed by atoms with Gasteiger partial charge in [-0.2, -0.15) is 0 Å². The molecule has 0 saturated carbocycles. The molecule has 0 aromatic heterocycles. The highest BCUT2D eigenvalue weighted by atomic mass is 16.4. The maximum absolute atomic E-state index is 11.6. The van der Waals surface area contributed by atoms with Crippen LogP contribution < -0.4 is 0 Å². The van der Waals surface area contributed by atoms with Crippen LogP contribution in [0.3, 0.4) is 0 Å². The summed E-state index contributed by atoms with van der Waals surface area (Å²) in [6, 6.07) is 13.6. The van der Waals surface area contributed by atoms with Crippen molar-refractivity contribution in [2.24, 2.45) is 0 Å². The number of benzene rings is 2. The van der Waals surface area contributed by atoms with Crippen molar-refractivity contribution in [2.45, 2.75) is 18.8 Å². The Kier molecular flexibility index (Phi) is 3.19. The smallest absolute Gasteiger partial charge is 0.314 e. The van der Waals surface area contributed by atoms with E-state index in [4.69, 9.17) is 0 Å². The quantitative estimate of drug-likeness (QED) is 0.826. The molecule has 0 fully saturated rings. The van der Waals surface area contributed by atoms with Gasteiger partial charge in [-0.15, -0.1) is 6.58 Å². The Morgan fingerprint density at radius 3 is 2.61 bits per heavy atom. The third-order valence-electron chi connectivity index (χ3n) is 3.41. The fourth-order valence-electron chi connectivity index (χ4n) is 2.31. The Labute approximate surface area is 107 Å². The van der Waals surface area contributed by atoms with Crippen molar-refractivity contribution in [2.75, 3.05) is 0 Å². The number of carbonyl (C=O) groups is 1. The molecule has 18 heavy (non-hydrogen) atoms. The van der Waals surface area contributed by atoms with E-state index in [9.17, 15) is 9.90 Å². The average Bonchev–Trinajstić information content (AvgIpc) is 2.38. The van der Waals surface area contributed by atoms with Crippen LogP contribution in [0.15, 0.2) is 55.1 Å². The van der Waals surface area contributed by atoms with E-state index in [0.717, 1.165) is 16.3 Å². The van der Waals surface area contributed by atoms with E-state index in [1.807, 2.05) is 42.5 Å². The normalized spacial score (nSPS) is 14.1. The summed E-state index contributed by atoms with van der Waals surface area (Å²) in [5.41, 5.74) is -0.0872. The van der Waals surface area contributed by atoms with Crippen LogP contribution in [0, 0.1) is 0 Å². The zero-order chi connectivity index (χ0) is 13.2. The molecule has 92 valence electrons. The Bertz CT molecular complexity index is 596. The van der Waals surface area contributed by atoms with E-state index in [0.29, 0.717) is 6.42 Å². The van der Waals surface area contributed by atoms with Crippen LogP contribution in [-0.4, -0.2) is 11.1 Å². The highest BCUT2D eigenvalue weighted by Gasteiger charge is 2.34. The zero-order valence-electron chi connectivity index (χ0n) is 10.4. The highest BCUT2D eigenvalue weighted by molar-refractivity contribution is 5.93. The molecular formula is C16H16O2. The summed E-state index contributed by atoms with van der Waals surface area (Å²) in [4.78, 5) is 11.6. The van der Waals surface area contributed by atoms with Crippen LogP contribution in [0.4, 0.5) is 0 Å². The lowest BCUT2D eigenvalue weighted by molar-refractivity contribution is -0.143. The molecule has 2 aromatic rings. The van der Waals surface area contributed by atoms with Crippen molar-refractivity contribution >= 4 is 16.7 Å². The topological polar surface area (TPSA) is 37.3 Å². The first kappa shape index (κ1) is 12.4. The average molecular weight is 240 g/mol. The predicted molar refractivity (Wildman–Crippen MR) is 73.7 cm³/mol. The SMILES string of the molecule is C=CCC(C)(C(=O)O)c1cccc2ccccc12. The molecule has 0 bridgehead atoms. The maximum Gasteiger partial charge on any atom is 0.314 e. The van der Waals surface area contributed by atoms with E-state index in [-0.39, 0.29) is 0 Å². The number of hydrogen-bond acceptors (Lipinski definition) is 1. The van der Waals surface area contributed by atoms with Crippen LogP contribution in [0.5, 0.6) is 0 Å². The van der Waals surface area contributed by atoms with Gasteiger partial charge in [0.2, 0.25) is 0 Å². The summed E-state index contributed by atoms with van der Waals surface area (Å²) in [5, 5.41) is 11.6. The summed E-state index contributed by atoms with van der Waals surface area (Å²) in [6.07, 6.45) is 2.08. The van der Waals surface area contributed by atoms with E-state index in [1.54, 1.807) is 13.0 Å². The van der Waals surface area contributed by atoms with Gasteiger partial charge in [0, 0.05) is 0 Å². The number of hydrogen-bond donors (Lipinski definition) is 1. The molecule has 2 nitrogen and oxygen atoms in total. The Hall–Kier alpha value is -2.09. The van der Waals surface area contributed by atoms with Gasteiger partial charge < -0.3 is 5.11 Å². The molecule has 0 aliphatic heterocycles. The second-order valence-electron chi connectivity index (χ2n) is 4.66. The van der Waals surface area contributed by atoms with Gasteiger partial charge in [-0.1, -0.05) is 48.5 Å². The predicted octanol–water partition coefficient (Wildman–Crippen LogP) is 3.76. The molecule has 0 amide bonds. The third kappa shape index (κ3) is 1.90. The van der Waals surface area contributed by atoms with Gasteiger partial charge in [0.15, 0.2) is 0 Å². The molecule has 2 rings (SSSR count). The summed E-state index contributed by atoms with van der Waals surface area (Å²) < 4.78 is 0. The lowest BCUT2D eigenvalue weighted by Gasteiger charge is -2.25. The van der Waals surface area contributed by atoms with E-state index in [1.165, 1.54) is 0 Å². The van der Waals surface area contributed by atoms with Crippen molar-refractivity contribution < 1.29 is 9.90 Å². The Morgan fingerprint density at radius 2 is 1.94 bits per heavy atom. The molecule has 1 N–H and O–H groups in total. The van der Waals surface area contributed by atoms with Gasteiger partial charge in [0.25, 0.3) is 0 Å². The number of allylic oxidation sites excluding steroid dienone is 1. The Morgan fingerprint density at radius 1 is 1.28 bits per heavy atom. The lowest BCUT2D eigenvalue weighted by Crippen LogP contribution is -2.32. The minimum atomic E-state index is -0.928. The largest absolute Gasteiger partial charge is 0.481 e. The van der Waals surface area contributed by atoms with Gasteiger partial charge >= 0.3 is 5.97 Å². The summed E-state index contributed by atoms with van der Waals surface area (Å²) >= 11 is 0. The number of carboxylic acids is 1. The summed E-state index contributed by atoms with van der Waals surface area (Å²) in [5.74, 6) is -0.821. The molecule has 0 radical (unpaired) electrons. The van der Waals surface area contributed by atoms with Gasteiger partial charge in [0.05, 0.1) is 5.41 Å². The standard InChI is InChI=1S/C16H16O2/c1-3-11-16(2,15(17)18)14-10-6-8-12-7-4-5-9-13(12)14/h3-10H,1,11H2,2H3,(H,17,18). The van der Waals surface area contributed by atoms with Crippen LogP contribution in [-0.2, 0) is 10.2 Å². The molecule has 0 heterocycles. The number of fused-ring (bicyclic) bond motifs is 1. The number of carboxylic acid groups (broad SMARTS) is 1. The maximum atomic E-state index is 11.6. The van der Waals surface area contributed by atoms with Crippen LogP contribution in [0.2, 0.25) is 0 Å². The fraction of sp³-hybridized carbons (Fsp3) is 0.188. The van der Waals surface area contributed by atoms with Crippen LogP contribution >= 0.6 is 0 Å². The molecular weight excluding hydrogens is 224 g/mol. The first-order valence-corrected chi connectivity index (χ1v) is 5.92. The second-order valence-corrected chi connectivity index (χ2v) is 4.66. The molecule has 2 aromatic carbocycles. The third-order valence-corrected chi connectivity index (χ3v) is 3.41. The van der Waals surface area contributed by atoms with Crippen molar-refractivity contribution in [3.63, 3.8) is 0 Å².